The Labute approximate surface area is 153 Å². The van der Waals surface area contributed by atoms with Crippen molar-refractivity contribution in [1.82, 2.24) is 19.8 Å². The normalized spacial score (nSPS) is 17.3. The van der Waals surface area contributed by atoms with E-state index in [4.69, 9.17) is 4.74 Å². The first-order valence-electron chi connectivity index (χ1n) is 8.20. The van der Waals surface area contributed by atoms with E-state index >= 15 is 0 Å². The van der Waals surface area contributed by atoms with Crippen LogP contribution in [-0.4, -0.2) is 75.9 Å². The number of rotatable bonds is 5. The lowest BCUT2D eigenvalue weighted by Crippen LogP contribution is -2.56. The van der Waals surface area contributed by atoms with Crippen LogP contribution in [0.5, 0.6) is 5.75 Å². The van der Waals surface area contributed by atoms with E-state index in [9.17, 15) is 18.0 Å². The summed E-state index contributed by atoms with van der Waals surface area (Å²) in [5, 5.41) is 4.55. The Kier molecular flexibility index (Phi) is 6.57. The van der Waals surface area contributed by atoms with Crippen molar-refractivity contribution in [2.24, 2.45) is 0 Å². The van der Waals surface area contributed by atoms with Crippen LogP contribution in [0.1, 0.15) is 6.92 Å². The fraction of sp³-hybridized carbons (Fsp3) is 0.500. The molecule has 1 aromatic carbocycles. The molecule has 1 aliphatic rings. The van der Waals surface area contributed by atoms with Gasteiger partial charge >= 0.3 is 6.03 Å². The SMILES string of the molecule is CNC(=O)NC(=O)[C@H](C)N1CCN(S(=O)(=O)c2ccc(OC)cc2)CC1. The summed E-state index contributed by atoms with van der Waals surface area (Å²) in [5.41, 5.74) is 0. The van der Waals surface area contributed by atoms with Crippen LogP contribution in [0, 0.1) is 0 Å². The summed E-state index contributed by atoms with van der Waals surface area (Å²) in [6.45, 7) is 3.03. The van der Waals surface area contributed by atoms with Crippen LogP contribution in [0.2, 0.25) is 0 Å². The van der Waals surface area contributed by atoms with Crippen LogP contribution in [0.3, 0.4) is 0 Å². The van der Waals surface area contributed by atoms with Gasteiger partial charge in [-0.1, -0.05) is 0 Å². The summed E-state index contributed by atoms with van der Waals surface area (Å²) in [5.74, 6) is 0.167. The molecular weight excluding hydrogens is 360 g/mol. The third-order valence-electron chi connectivity index (χ3n) is 4.36. The Morgan fingerprint density at radius 1 is 1.12 bits per heavy atom. The zero-order chi connectivity index (χ0) is 19.3. The Morgan fingerprint density at radius 3 is 2.19 bits per heavy atom. The lowest BCUT2D eigenvalue weighted by atomic mass is 10.2. The van der Waals surface area contributed by atoms with Crippen LogP contribution >= 0.6 is 0 Å². The number of methoxy groups -OCH3 is 1. The Balaban J connectivity index is 1.98. The predicted molar refractivity (Wildman–Crippen MR) is 95.4 cm³/mol. The molecule has 10 heteroatoms. The molecule has 9 nitrogen and oxygen atoms in total. The maximum Gasteiger partial charge on any atom is 0.321 e. The number of hydrogen-bond donors (Lipinski definition) is 2. The average Bonchev–Trinajstić information content (AvgIpc) is 2.67. The van der Waals surface area contributed by atoms with Gasteiger partial charge in [-0.3, -0.25) is 15.0 Å². The summed E-state index contributed by atoms with van der Waals surface area (Å²) < 4.78 is 31.9. The Morgan fingerprint density at radius 2 is 1.69 bits per heavy atom. The minimum atomic E-state index is -3.59. The minimum absolute atomic E-state index is 0.206. The van der Waals surface area contributed by atoms with Crippen molar-refractivity contribution >= 4 is 22.0 Å². The van der Waals surface area contributed by atoms with E-state index in [1.54, 1.807) is 19.1 Å². The molecule has 1 saturated heterocycles. The Bertz CT molecular complexity index is 742. The zero-order valence-corrected chi connectivity index (χ0v) is 15.9. The lowest BCUT2D eigenvalue weighted by molar-refractivity contribution is -0.125. The highest BCUT2D eigenvalue weighted by Crippen LogP contribution is 2.21. The number of carbonyl (C=O) groups excluding carboxylic acids is 2. The average molecular weight is 384 g/mol. The molecule has 26 heavy (non-hydrogen) atoms. The molecule has 144 valence electrons. The van der Waals surface area contributed by atoms with E-state index in [0.717, 1.165) is 0 Å². The molecule has 0 saturated carbocycles. The van der Waals surface area contributed by atoms with Crippen molar-refractivity contribution in [1.29, 1.82) is 0 Å². The van der Waals surface area contributed by atoms with Gasteiger partial charge in [0.25, 0.3) is 0 Å². The molecule has 0 unspecified atom stereocenters. The number of nitrogens with one attached hydrogen (secondary N) is 2. The van der Waals surface area contributed by atoms with E-state index in [2.05, 4.69) is 10.6 Å². The van der Waals surface area contributed by atoms with Crippen molar-refractivity contribution in [3.63, 3.8) is 0 Å². The largest absolute Gasteiger partial charge is 0.497 e. The standard InChI is InChI=1S/C16H24N4O5S/c1-12(15(21)18-16(22)17-2)19-8-10-20(11-9-19)26(23,24)14-6-4-13(25-3)5-7-14/h4-7,12H,8-11H2,1-3H3,(H2,17,18,21,22)/t12-/m0/s1. The van der Waals surface area contributed by atoms with Crippen molar-refractivity contribution in [2.45, 2.75) is 17.9 Å². The number of piperazine rings is 1. The summed E-state index contributed by atoms with van der Waals surface area (Å²) in [6.07, 6.45) is 0. The molecule has 0 radical (unpaired) electrons. The van der Waals surface area contributed by atoms with Gasteiger partial charge in [0.15, 0.2) is 0 Å². The summed E-state index contributed by atoms with van der Waals surface area (Å²) in [6, 6.07) is 5.14. The number of hydrogen-bond acceptors (Lipinski definition) is 6. The van der Waals surface area contributed by atoms with Gasteiger partial charge in [0.1, 0.15) is 5.75 Å². The second kappa shape index (κ2) is 8.47. The van der Waals surface area contributed by atoms with Gasteiger partial charge in [-0.25, -0.2) is 13.2 Å². The first kappa shape index (κ1) is 20.1. The van der Waals surface area contributed by atoms with Crippen LogP contribution in [0.4, 0.5) is 4.79 Å². The van der Waals surface area contributed by atoms with E-state index < -0.39 is 28.0 Å². The Hall–Kier alpha value is -2.17. The van der Waals surface area contributed by atoms with Crippen molar-refractivity contribution in [3.8, 4) is 5.75 Å². The van der Waals surface area contributed by atoms with Gasteiger partial charge in [0.05, 0.1) is 18.0 Å². The van der Waals surface area contributed by atoms with E-state index in [0.29, 0.717) is 18.8 Å². The number of sulfonamides is 1. The highest BCUT2D eigenvalue weighted by Gasteiger charge is 2.32. The molecule has 0 spiro atoms. The molecule has 2 N–H and O–H groups in total. The molecular formula is C16H24N4O5S. The minimum Gasteiger partial charge on any atom is -0.497 e. The lowest BCUT2D eigenvalue weighted by Gasteiger charge is -2.36. The fourth-order valence-electron chi connectivity index (χ4n) is 2.67. The monoisotopic (exact) mass is 384 g/mol. The second-order valence-corrected chi connectivity index (χ2v) is 7.80. The number of nitrogens with zero attached hydrogens (tertiary/aromatic N) is 2. The molecule has 1 aliphatic heterocycles. The van der Waals surface area contributed by atoms with Crippen molar-refractivity contribution < 1.29 is 22.7 Å². The summed E-state index contributed by atoms with van der Waals surface area (Å²) >= 11 is 0. The fourth-order valence-corrected chi connectivity index (χ4v) is 4.09. The number of amides is 3. The molecule has 0 aromatic heterocycles. The van der Waals surface area contributed by atoms with Crippen LogP contribution in [-0.2, 0) is 14.8 Å². The number of urea groups is 1. The third kappa shape index (κ3) is 4.51. The molecule has 0 bridgehead atoms. The first-order chi connectivity index (χ1) is 12.3. The van der Waals surface area contributed by atoms with E-state index in [1.165, 1.54) is 30.6 Å². The van der Waals surface area contributed by atoms with Gasteiger partial charge in [0, 0.05) is 33.2 Å². The molecule has 1 fully saturated rings. The number of ether oxygens (including phenoxy) is 1. The van der Waals surface area contributed by atoms with Gasteiger partial charge in [0.2, 0.25) is 15.9 Å². The van der Waals surface area contributed by atoms with Gasteiger partial charge in [-0.05, 0) is 31.2 Å². The van der Waals surface area contributed by atoms with Crippen molar-refractivity contribution in [3.05, 3.63) is 24.3 Å². The second-order valence-electron chi connectivity index (χ2n) is 5.86. The number of benzene rings is 1. The summed E-state index contributed by atoms with van der Waals surface area (Å²) in [7, 11) is -0.648. The topological polar surface area (TPSA) is 108 Å². The van der Waals surface area contributed by atoms with Crippen molar-refractivity contribution in [2.75, 3.05) is 40.3 Å². The van der Waals surface area contributed by atoms with Gasteiger partial charge < -0.3 is 10.1 Å². The maximum absolute atomic E-state index is 12.7. The molecule has 0 aliphatic carbocycles. The third-order valence-corrected chi connectivity index (χ3v) is 6.27. The summed E-state index contributed by atoms with van der Waals surface area (Å²) in [4.78, 5) is 25.3. The zero-order valence-electron chi connectivity index (χ0n) is 15.1. The highest BCUT2D eigenvalue weighted by atomic mass is 32.2. The smallest absolute Gasteiger partial charge is 0.321 e. The predicted octanol–water partition coefficient (Wildman–Crippen LogP) is -0.154. The van der Waals surface area contributed by atoms with E-state index in [-0.39, 0.29) is 18.0 Å². The molecule has 2 rings (SSSR count). The molecule has 3 amide bonds. The maximum atomic E-state index is 12.7. The van der Waals surface area contributed by atoms with Gasteiger partial charge in [-0.15, -0.1) is 0 Å². The van der Waals surface area contributed by atoms with E-state index in [1.807, 2.05) is 4.90 Å². The highest BCUT2D eigenvalue weighted by molar-refractivity contribution is 7.89. The quantitative estimate of drug-likeness (QED) is 0.731. The van der Waals surface area contributed by atoms with Crippen LogP contribution < -0.4 is 15.4 Å². The molecule has 1 heterocycles. The molecule has 1 atom stereocenters. The van der Waals surface area contributed by atoms with Crippen LogP contribution in [0.15, 0.2) is 29.2 Å². The number of imide groups is 1. The van der Waals surface area contributed by atoms with Crippen LogP contribution in [0.25, 0.3) is 0 Å². The number of carbonyl (C=O) groups is 2. The molecule has 1 aromatic rings. The van der Waals surface area contributed by atoms with Gasteiger partial charge in [-0.2, -0.15) is 4.31 Å². The first-order valence-corrected chi connectivity index (χ1v) is 9.64.